The lowest BCUT2D eigenvalue weighted by atomic mass is 9.84. The topological polar surface area (TPSA) is 99.1 Å². The molecule has 0 spiro atoms. The Hall–Kier alpha value is -2.67. The van der Waals surface area contributed by atoms with Gasteiger partial charge >= 0.3 is 5.69 Å². The van der Waals surface area contributed by atoms with Crippen LogP contribution in [0, 0.1) is 5.92 Å². The molecule has 27 heavy (non-hydrogen) atoms. The molecule has 1 heterocycles. The number of amides is 1. The summed E-state index contributed by atoms with van der Waals surface area (Å²) in [4.78, 5) is 37.3. The molecule has 1 aromatic carbocycles. The monoisotopic (exact) mass is 370 g/mol. The first kappa shape index (κ1) is 19.1. The lowest BCUT2D eigenvalue weighted by molar-refractivity contribution is -0.123. The molecule has 0 bridgehead atoms. The van der Waals surface area contributed by atoms with E-state index >= 15 is 0 Å². The SMILES string of the molecule is NCC1CCCCC1NC(=O)Cn1c(=O)ccn(Cc2ccccc2)c1=O. The van der Waals surface area contributed by atoms with Gasteiger partial charge in [0.2, 0.25) is 5.91 Å². The van der Waals surface area contributed by atoms with Crippen molar-refractivity contribution >= 4 is 5.91 Å². The van der Waals surface area contributed by atoms with Crippen LogP contribution in [0.15, 0.2) is 52.2 Å². The molecule has 0 aliphatic heterocycles. The maximum atomic E-state index is 12.7. The molecule has 1 aliphatic rings. The van der Waals surface area contributed by atoms with Crippen LogP contribution >= 0.6 is 0 Å². The maximum Gasteiger partial charge on any atom is 0.331 e. The summed E-state index contributed by atoms with van der Waals surface area (Å²) in [6.07, 6.45) is 5.52. The van der Waals surface area contributed by atoms with Crippen molar-refractivity contribution in [3.8, 4) is 0 Å². The summed E-state index contributed by atoms with van der Waals surface area (Å²) in [6, 6.07) is 10.8. The average Bonchev–Trinajstić information content (AvgIpc) is 2.68. The van der Waals surface area contributed by atoms with E-state index in [0.29, 0.717) is 13.1 Å². The van der Waals surface area contributed by atoms with Crippen LogP contribution in [-0.4, -0.2) is 27.6 Å². The first-order valence-corrected chi connectivity index (χ1v) is 9.42. The summed E-state index contributed by atoms with van der Waals surface area (Å²) in [6.45, 7) is 0.598. The second kappa shape index (κ2) is 8.81. The van der Waals surface area contributed by atoms with Crippen LogP contribution < -0.4 is 22.3 Å². The molecule has 1 fully saturated rings. The zero-order valence-corrected chi connectivity index (χ0v) is 15.3. The van der Waals surface area contributed by atoms with Gasteiger partial charge in [-0.2, -0.15) is 0 Å². The van der Waals surface area contributed by atoms with E-state index in [9.17, 15) is 14.4 Å². The smallest absolute Gasteiger partial charge is 0.331 e. The summed E-state index contributed by atoms with van der Waals surface area (Å²) >= 11 is 0. The van der Waals surface area contributed by atoms with Crippen molar-refractivity contribution in [1.29, 1.82) is 0 Å². The Morgan fingerprint density at radius 2 is 1.85 bits per heavy atom. The van der Waals surface area contributed by atoms with Gasteiger partial charge in [-0.05, 0) is 30.9 Å². The molecule has 2 aromatic rings. The van der Waals surface area contributed by atoms with Gasteiger partial charge in [-0.3, -0.25) is 18.7 Å². The molecule has 1 aliphatic carbocycles. The van der Waals surface area contributed by atoms with E-state index in [4.69, 9.17) is 5.73 Å². The molecule has 1 amide bonds. The van der Waals surface area contributed by atoms with Crippen LogP contribution in [-0.2, 0) is 17.9 Å². The predicted octanol–water partition coefficient (Wildman–Crippen LogP) is 0.692. The summed E-state index contributed by atoms with van der Waals surface area (Å²) in [5, 5.41) is 2.97. The number of nitrogens with two attached hydrogens (primary N) is 1. The third kappa shape index (κ3) is 4.74. The molecule has 2 atom stereocenters. The van der Waals surface area contributed by atoms with Gasteiger partial charge in [0.05, 0.1) is 6.54 Å². The standard InChI is InChI=1S/C20H26N4O3/c21-12-16-8-4-5-9-17(16)22-18(25)14-24-19(26)10-11-23(20(24)27)13-15-6-2-1-3-7-15/h1-3,6-7,10-11,16-17H,4-5,8-9,12-14,21H2,(H,22,25). The van der Waals surface area contributed by atoms with E-state index in [2.05, 4.69) is 5.32 Å². The number of hydrogen-bond donors (Lipinski definition) is 2. The largest absolute Gasteiger partial charge is 0.351 e. The second-order valence-electron chi connectivity index (χ2n) is 7.09. The van der Waals surface area contributed by atoms with Crippen LogP contribution in [0.1, 0.15) is 31.2 Å². The maximum absolute atomic E-state index is 12.7. The van der Waals surface area contributed by atoms with Gasteiger partial charge in [0.25, 0.3) is 5.56 Å². The Balaban J connectivity index is 1.74. The average molecular weight is 370 g/mol. The van der Waals surface area contributed by atoms with Crippen LogP contribution in [0.25, 0.3) is 0 Å². The number of carbonyl (C=O) groups is 1. The van der Waals surface area contributed by atoms with E-state index in [0.717, 1.165) is 35.8 Å². The van der Waals surface area contributed by atoms with Gasteiger partial charge in [0.15, 0.2) is 0 Å². The molecule has 1 saturated carbocycles. The summed E-state index contributed by atoms with van der Waals surface area (Å²) in [5.41, 5.74) is 5.79. The van der Waals surface area contributed by atoms with Crippen molar-refractivity contribution in [2.45, 2.75) is 44.8 Å². The van der Waals surface area contributed by atoms with E-state index in [1.165, 1.54) is 16.8 Å². The Morgan fingerprint density at radius 3 is 2.59 bits per heavy atom. The van der Waals surface area contributed by atoms with Gasteiger partial charge in [-0.15, -0.1) is 0 Å². The Kier molecular flexibility index (Phi) is 6.24. The highest BCUT2D eigenvalue weighted by molar-refractivity contribution is 5.76. The predicted molar refractivity (Wildman–Crippen MR) is 103 cm³/mol. The van der Waals surface area contributed by atoms with Crippen molar-refractivity contribution in [2.75, 3.05) is 6.54 Å². The number of nitrogens with one attached hydrogen (secondary N) is 1. The lowest BCUT2D eigenvalue weighted by Crippen LogP contribution is -2.48. The fraction of sp³-hybridized carbons (Fsp3) is 0.450. The van der Waals surface area contributed by atoms with Crippen molar-refractivity contribution in [3.05, 3.63) is 69.0 Å². The van der Waals surface area contributed by atoms with Crippen molar-refractivity contribution in [3.63, 3.8) is 0 Å². The third-order valence-electron chi connectivity index (χ3n) is 5.20. The second-order valence-corrected chi connectivity index (χ2v) is 7.09. The van der Waals surface area contributed by atoms with Gasteiger partial charge in [0, 0.05) is 18.3 Å². The van der Waals surface area contributed by atoms with Crippen LogP contribution in [0.5, 0.6) is 0 Å². The minimum Gasteiger partial charge on any atom is -0.351 e. The Morgan fingerprint density at radius 1 is 1.11 bits per heavy atom. The molecule has 7 heteroatoms. The molecule has 2 unspecified atom stereocenters. The normalized spacial score (nSPS) is 19.6. The molecule has 1 aromatic heterocycles. The summed E-state index contributed by atoms with van der Waals surface area (Å²) in [5.74, 6) is -0.0676. The Labute approximate surface area is 157 Å². The first-order valence-electron chi connectivity index (χ1n) is 9.42. The molecule has 7 nitrogen and oxygen atoms in total. The highest BCUT2D eigenvalue weighted by atomic mass is 16.2. The zero-order chi connectivity index (χ0) is 19.2. The molecule has 0 saturated heterocycles. The highest BCUT2D eigenvalue weighted by Crippen LogP contribution is 2.23. The minimum atomic E-state index is -0.486. The van der Waals surface area contributed by atoms with Gasteiger partial charge < -0.3 is 11.1 Å². The summed E-state index contributed by atoms with van der Waals surface area (Å²) in [7, 11) is 0. The van der Waals surface area contributed by atoms with E-state index < -0.39 is 11.2 Å². The first-order chi connectivity index (χ1) is 13.1. The molecule has 144 valence electrons. The number of nitrogens with zero attached hydrogens (tertiary/aromatic N) is 2. The van der Waals surface area contributed by atoms with Crippen molar-refractivity contribution in [2.24, 2.45) is 11.7 Å². The van der Waals surface area contributed by atoms with Gasteiger partial charge in [0.1, 0.15) is 6.54 Å². The van der Waals surface area contributed by atoms with Crippen LogP contribution in [0.4, 0.5) is 0 Å². The number of hydrogen-bond acceptors (Lipinski definition) is 4. The van der Waals surface area contributed by atoms with Crippen molar-refractivity contribution < 1.29 is 4.79 Å². The van der Waals surface area contributed by atoms with Crippen LogP contribution in [0.3, 0.4) is 0 Å². The number of carbonyl (C=O) groups excluding carboxylic acids is 1. The lowest BCUT2D eigenvalue weighted by Gasteiger charge is -2.31. The van der Waals surface area contributed by atoms with Gasteiger partial charge in [-0.25, -0.2) is 4.79 Å². The molecular weight excluding hydrogens is 344 g/mol. The number of rotatable bonds is 6. The molecule has 3 N–H and O–H groups in total. The number of aromatic nitrogens is 2. The fourth-order valence-corrected chi connectivity index (χ4v) is 3.68. The minimum absolute atomic E-state index is 0.0159. The molecular formula is C20H26N4O3. The quantitative estimate of drug-likeness (QED) is 0.782. The van der Waals surface area contributed by atoms with E-state index in [1.807, 2.05) is 30.3 Å². The zero-order valence-electron chi connectivity index (χ0n) is 15.3. The Bertz CT molecular complexity index is 888. The van der Waals surface area contributed by atoms with E-state index in [-0.39, 0.29) is 24.4 Å². The summed E-state index contributed by atoms with van der Waals surface area (Å²) < 4.78 is 2.42. The van der Waals surface area contributed by atoms with Crippen LogP contribution in [0.2, 0.25) is 0 Å². The molecule has 3 rings (SSSR count). The third-order valence-corrected chi connectivity index (χ3v) is 5.20. The number of benzene rings is 1. The molecule has 0 radical (unpaired) electrons. The highest BCUT2D eigenvalue weighted by Gasteiger charge is 2.25. The van der Waals surface area contributed by atoms with Crippen molar-refractivity contribution in [1.82, 2.24) is 14.5 Å². The van der Waals surface area contributed by atoms with E-state index in [1.54, 1.807) is 0 Å². The van der Waals surface area contributed by atoms with Gasteiger partial charge in [-0.1, -0.05) is 43.2 Å². The fourth-order valence-electron chi connectivity index (χ4n) is 3.68.